The third kappa shape index (κ3) is 3.05. The zero-order chi connectivity index (χ0) is 14.5. The molecule has 0 spiro atoms. The predicted molar refractivity (Wildman–Crippen MR) is 78.9 cm³/mol. The molecule has 2 rings (SSSR count). The summed E-state index contributed by atoms with van der Waals surface area (Å²) in [6, 6.07) is 9.40. The van der Waals surface area contributed by atoms with Crippen molar-refractivity contribution in [1.82, 2.24) is 4.98 Å². The molecule has 0 bridgehead atoms. The van der Waals surface area contributed by atoms with Crippen LogP contribution in [0.15, 0.2) is 41.0 Å². The molecular formula is C13H12BrN3O3. The second kappa shape index (κ2) is 6.33. The fourth-order valence-electron chi connectivity index (χ4n) is 1.70. The van der Waals surface area contributed by atoms with Gasteiger partial charge in [-0.2, -0.15) is 0 Å². The average Bonchev–Trinajstić information content (AvgIpc) is 2.46. The van der Waals surface area contributed by atoms with E-state index in [0.29, 0.717) is 10.2 Å². The zero-order valence-electron chi connectivity index (χ0n) is 10.7. The molecule has 20 heavy (non-hydrogen) atoms. The average molecular weight is 338 g/mol. The molecule has 0 fully saturated rings. The van der Waals surface area contributed by atoms with Gasteiger partial charge in [0, 0.05) is 13.2 Å². The van der Waals surface area contributed by atoms with Crippen molar-refractivity contribution in [2.24, 2.45) is 0 Å². The summed E-state index contributed by atoms with van der Waals surface area (Å²) in [7, 11) is 1.61. The highest BCUT2D eigenvalue weighted by atomic mass is 79.9. The van der Waals surface area contributed by atoms with Crippen LogP contribution in [0.3, 0.4) is 0 Å². The van der Waals surface area contributed by atoms with E-state index in [1.807, 2.05) is 30.3 Å². The Balaban J connectivity index is 2.30. The smallest absolute Gasteiger partial charge is 0.354 e. The highest BCUT2D eigenvalue weighted by Gasteiger charge is 2.24. The van der Waals surface area contributed by atoms with Crippen LogP contribution < -0.4 is 10.1 Å². The molecule has 0 radical (unpaired) electrons. The second-order valence-corrected chi connectivity index (χ2v) is 4.77. The highest BCUT2D eigenvalue weighted by molar-refractivity contribution is 9.10. The number of hydrogen-bond donors (Lipinski definition) is 1. The third-order valence-electron chi connectivity index (χ3n) is 2.62. The molecule has 0 atom stereocenters. The number of nitro groups is 1. The van der Waals surface area contributed by atoms with Crippen molar-refractivity contribution in [2.45, 2.75) is 6.61 Å². The minimum atomic E-state index is -0.510. The summed E-state index contributed by atoms with van der Waals surface area (Å²) in [5, 5.41) is 14.0. The maximum Gasteiger partial charge on any atom is 0.354 e. The Morgan fingerprint density at radius 1 is 1.40 bits per heavy atom. The minimum Gasteiger partial charge on any atom is -0.468 e. The second-order valence-electron chi connectivity index (χ2n) is 3.92. The number of anilines is 1. The number of ether oxygens (including phenoxy) is 1. The monoisotopic (exact) mass is 337 g/mol. The molecule has 0 amide bonds. The van der Waals surface area contributed by atoms with E-state index in [0.717, 1.165) is 5.56 Å². The standard InChI is InChI=1S/C13H12BrN3O3/c1-15-11-10(14)7-16-13(12(11)17(18)19)20-8-9-5-3-2-4-6-9/h2-7H,8H2,1H3,(H,15,16). The molecule has 1 N–H and O–H groups in total. The van der Waals surface area contributed by atoms with E-state index in [-0.39, 0.29) is 18.2 Å². The van der Waals surface area contributed by atoms with E-state index >= 15 is 0 Å². The van der Waals surface area contributed by atoms with Crippen molar-refractivity contribution in [2.75, 3.05) is 12.4 Å². The van der Waals surface area contributed by atoms with Gasteiger partial charge in [0.2, 0.25) is 0 Å². The summed E-state index contributed by atoms with van der Waals surface area (Å²) in [5.41, 5.74) is 1.07. The lowest BCUT2D eigenvalue weighted by Gasteiger charge is -2.09. The molecule has 7 heteroatoms. The van der Waals surface area contributed by atoms with Gasteiger partial charge in [-0.1, -0.05) is 30.3 Å². The number of hydrogen-bond acceptors (Lipinski definition) is 5. The lowest BCUT2D eigenvalue weighted by atomic mass is 10.2. The van der Waals surface area contributed by atoms with Gasteiger partial charge >= 0.3 is 5.69 Å². The first-order chi connectivity index (χ1) is 9.63. The van der Waals surface area contributed by atoms with Gasteiger partial charge in [0.1, 0.15) is 12.3 Å². The van der Waals surface area contributed by atoms with Crippen LogP contribution in [0.1, 0.15) is 5.56 Å². The summed E-state index contributed by atoms with van der Waals surface area (Å²) >= 11 is 3.22. The summed E-state index contributed by atoms with van der Waals surface area (Å²) in [6.45, 7) is 0.222. The molecule has 2 aromatic rings. The van der Waals surface area contributed by atoms with E-state index in [1.165, 1.54) is 6.20 Å². The zero-order valence-corrected chi connectivity index (χ0v) is 12.3. The largest absolute Gasteiger partial charge is 0.468 e. The molecule has 1 heterocycles. The van der Waals surface area contributed by atoms with Crippen LogP contribution in [-0.4, -0.2) is 17.0 Å². The number of halogens is 1. The van der Waals surface area contributed by atoms with E-state index in [2.05, 4.69) is 26.2 Å². The summed E-state index contributed by atoms with van der Waals surface area (Å²) < 4.78 is 5.98. The van der Waals surface area contributed by atoms with Crippen LogP contribution in [0.4, 0.5) is 11.4 Å². The van der Waals surface area contributed by atoms with E-state index < -0.39 is 4.92 Å². The van der Waals surface area contributed by atoms with Crippen LogP contribution in [-0.2, 0) is 6.61 Å². The predicted octanol–water partition coefficient (Wildman–Crippen LogP) is 3.37. The first-order valence-electron chi connectivity index (χ1n) is 5.81. The Hall–Kier alpha value is -2.15. The van der Waals surface area contributed by atoms with E-state index in [9.17, 15) is 10.1 Å². The Morgan fingerprint density at radius 3 is 2.70 bits per heavy atom. The van der Waals surface area contributed by atoms with Gasteiger partial charge < -0.3 is 10.1 Å². The van der Waals surface area contributed by atoms with Crippen molar-refractivity contribution >= 4 is 27.3 Å². The minimum absolute atomic E-state index is 0.00796. The van der Waals surface area contributed by atoms with Crippen LogP contribution in [0.5, 0.6) is 5.88 Å². The van der Waals surface area contributed by atoms with Crippen molar-refractivity contribution in [3.8, 4) is 5.88 Å². The maximum atomic E-state index is 11.2. The van der Waals surface area contributed by atoms with Crippen LogP contribution >= 0.6 is 15.9 Å². The van der Waals surface area contributed by atoms with Crippen LogP contribution in [0.2, 0.25) is 0 Å². The molecule has 104 valence electrons. The van der Waals surface area contributed by atoms with Gasteiger partial charge in [0.25, 0.3) is 5.88 Å². The first kappa shape index (κ1) is 14.3. The summed E-state index contributed by atoms with van der Waals surface area (Å²) in [5.74, 6) is -0.00796. The number of pyridine rings is 1. The van der Waals surface area contributed by atoms with E-state index in [4.69, 9.17) is 4.74 Å². The van der Waals surface area contributed by atoms with Crippen molar-refractivity contribution in [3.05, 3.63) is 56.7 Å². The maximum absolute atomic E-state index is 11.2. The number of benzene rings is 1. The molecule has 1 aromatic heterocycles. The SMILES string of the molecule is CNc1c(Br)cnc(OCc2ccccc2)c1[N+](=O)[O-]. The summed E-state index contributed by atoms with van der Waals surface area (Å²) in [6.07, 6.45) is 1.47. The number of rotatable bonds is 5. The Labute approximate surface area is 124 Å². The van der Waals surface area contributed by atoms with Crippen molar-refractivity contribution in [1.29, 1.82) is 0 Å². The molecule has 0 aliphatic rings. The van der Waals surface area contributed by atoms with Gasteiger partial charge in [0.15, 0.2) is 0 Å². The molecule has 0 saturated carbocycles. The van der Waals surface area contributed by atoms with Gasteiger partial charge in [-0.05, 0) is 21.5 Å². The van der Waals surface area contributed by atoms with Crippen molar-refractivity contribution in [3.63, 3.8) is 0 Å². The number of nitrogens with one attached hydrogen (secondary N) is 1. The molecule has 1 aromatic carbocycles. The van der Waals surface area contributed by atoms with Crippen molar-refractivity contribution < 1.29 is 9.66 Å². The lowest BCUT2D eigenvalue weighted by molar-refractivity contribution is -0.385. The molecule has 0 saturated heterocycles. The van der Waals surface area contributed by atoms with Gasteiger partial charge in [-0.25, -0.2) is 4.98 Å². The highest BCUT2D eigenvalue weighted by Crippen LogP contribution is 2.38. The first-order valence-corrected chi connectivity index (χ1v) is 6.60. The number of nitrogens with zero attached hydrogens (tertiary/aromatic N) is 2. The van der Waals surface area contributed by atoms with E-state index in [1.54, 1.807) is 7.05 Å². The molecular weight excluding hydrogens is 326 g/mol. The fraction of sp³-hybridized carbons (Fsp3) is 0.154. The topological polar surface area (TPSA) is 77.3 Å². The van der Waals surface area contributed by atoms with Gasteiger partial charge in [-0.15, -0.1) is 0 Å². The normalized spacial score (nSPS) is 10.1. The lowest BCUT2D eigenvalue weighted by Crippen LogP contribution is -2.04. The Kier molecular flexibility index (Phi) is 4.52. The molecule has 0 unspecified atom stereocenters. The van der Waals surface area contributed by atoms with Gasteiger partial charge in [0.05, 0.1) is 9.40 Å². The third-order valence-corrected chi connectivity index (χ3v) is 3.23. The van der Waals surface area contributed by atoms with Gasteiger partial charge in [-0.3, -0.25) is 10.1 Å². The Bertz CT molecular complexity index is 620. The number of aromatic nitrogens is 1. The quantitative estimate of drug-likeness (QED) is 0.668. The molecule has 6 nitrogen and oxygen atoms in total. The summed E-state index contributed by atoms with van der Waals surface area (Å²) in [4.78, 5) is 14.7. The Morgan fingerprint density at radius 2 is 2.10 bits per heavy atom. The fourth-order valence-corrected chi connectivity index (χ4v) is 2.19. The van der Waals surface area contributed by atoms with Crippen LogP contribution in [0.25, 0.3) is 0 Å². The molecule has 0 aliphatic carbocycles. The molecule has 0 aliphatic heterocycles. The van der Waals surface area contributed by atoms with Crippen LogP contribution in [0, 0.1) is 10.1 Å².